The maximum Gasteiger partial charge on any atom is 0.249 e. The summed E-state index contributed by atoms with van der Waals surface area (Å²) in [7, 11) is 1.61. The number of rotatable bonds is 5. The molecule has 0 aliphatic carbocycles. The molecule has 25 heavy (non-hydrogen) atoms. The minimum Gasteiger partial charge on any atom is -0.497 e. The fourth-order valence-electron chi connectivity index (χ4n) is 2.55. The summed E-state index contributed by atoms with van der Waals surface area (Å²) in [6.45, 7) is 0. The van der Waals surface area contributed by atoms with E-state index in [9.17, 15) is 4.79 Å². The number of benzene rings is 3. The summed E-state index contributed by atoms with van der Waals surface area (Å²) >= 11 is 0. The molecule has 0 saturated carbocycles. The van der Waals surface area contributed by atoms with Crippen molar-refractivity contribution in [3.05, 3.63) is 102 Å². The average Bonchev–Trinajstić information content (AvgIpc) is 2.68. The third kappa shape index (κ3) is 4.36. The van der Waals surface area contributed by atoms with Crippen LogP contribution < -0.4 is 10.1 Å². The van der Waals surface area contributed by atoms with Gasteiger partial charge < -0.3 is 10.1 Å². The zero-order valence-electron chi connectivity index (χ0n) is 14.0. The highest BCUT2D eigenvalue weighted by molar-refractivity contribution is 6.06. The zero-order valence-corrected chi connectivity index (χ0v) is 14.0. The van der Waals surface area contributed by atoms with Gasteiger partial charge in [0.05, 0.1) is 7.11 Å². The van der Waals surface area contributed by atoms with Gasteiger partial charge in [0.1, 0.15) is 5.75 Å². The number of hydrogen-bond donors (Lipinski definition) is 1. The molecule has 0 fully saturated rings. The van der Waals surface area contributed by atoms with E-state index < -0.39 is 0 Å². The Morgan fingerprint density at radius 2 is 1.32 bits per heavy atom. The Balaban J connectivity index is 1.88. The first-order valence-corrected chi connectivity index (χ1v) is 8.04. The lowest BCUT2D eigenvalue weighted by Gasteiger charge is -2.09. The summed E-state index contributed by atoms with van der Waals surface area (Å²) in [5.41, 5.74) is 3.60. The van der Waals surface area contributed by atoms with Gasteiger partial charge in [0.15, 0.2) is 0 Å². The van der Waals surface area contributed by atoms with Crippen molar-refractivity contribution in [2.24, 2.45) is 0 Å². The molecule has 0 atom stereocenters. The largest absolute Gasteiger partial charge is 0.497 e. The average molecular weight is 329 g/mol. The van der Waals surface area contributed by atoms with E-state index in [1.54, 1.807) is 13.2 Å². The standard InChI is InChI=1S/C22H19NO2/c1-25-20-14-12-19(13-15-20)23-22(24)16-21(17-8-4-2-5-9-17)18-10-6-3-7-11-18/h2-16H,1H3,(H,23,24). The quantitative estimate of drug-likeness (QED) is 0.685. The zero-order chi connectivity index (χ0) is 17.5. The summed E-state index contributed by atoms with van der Waals surface area (Å²) in [6.07, 6.45) is 1.63. The molecule has 0 aliphatic heterocycles. The molecule has 1 N–H and O–H groups in total. The Hall–Kier alpha value is -3.33. The van der Waals surface area contributed by atoms with Crippen molar-refractivity contribution < 1.29 is 9.53 Å². The maximum atomic E-state index is 12.5. The molecular formula is C22H19NO2. The Kier molecular flexibility index (Phi) is 5.27. The lowest BCUT2D eigenvalue weighted by Crippen LogP contribution is -2.09. The van der Waals surface area contributed by atoms with Crippen LogP contribution in [0.5, 0.6) is 5.75 Å². The van der Waals surface area contributed by atoms with E-state index in [1.165, 1.54) is 0 Å². The summed E-state index contributed by atoms with van der Waals surface area (Å²) in [5.74, 6) is 0.579. The molecule has 3 nitrogen and oxygen atoms in total. The number of carbonyl (C=O) groups is 1. The van der Waals surface area contributed by atoms with Gasteiger partial charge in [-0.25, -0.2) is 0 Å². The van der Waals surface area contributed by atoms with E-state index in [-0.39, 0.29) is 5.91 Å². The number of nitrogens with one attached hydrogen (secondary N) is 1. The van der Waals surface area contributed by atoms with Crippen molar-refractivity contribution in [3.8, 4) is 5.75 Å². The van der Waals surface area contributed by atoms with Crippen LogP contribution in [0.3, 0.4) is 0 Å². The molecule has 0 aromatic heterocycles. The van der Waals surface area contributed by atoms with Crippen LogP contribution in [0.15, 0.2) is 91.0 Å². The molecule has 0 heterocycles. The fourth-order valence-corrected chi connectivity index (χ4v) is 2.55. The molecule has 3 heteroatoms. The van der Waals surface area contributed by atoms with E-state index in [1.807, 2.05) is 84.9 Å². The highest BCUT2D eigenvalue weighted by Crippen LogP contribution is 2.23. The lowest BCUT2D eigenvalue weighted by molar-refractivity contribution is -0.111. The topological polar surface area (TPSA) is 38.3 Å². The van der Waals surface area contributed by atoms with Gasteiger partial charge in [0.2, 0.25) is 5.91 Å². The summed E-state index contributed by atoms with van der Waals surface area (Å²) in [6, 6.07) is 27.0. The van der Waals surface area contributed by atoms with Gasteiger partial charge in [0, 0.05) is 11.8 Å². The monoisotopic (exact) mass is 329 g/mol. The number of amides is 1. The van der Waals surface area contributed by atoms with Gasteiger partial charge >= 0.3 is 0 Å². The van der Waals surface area contributed by atoms with Crippen molar-refractivity contribution >= 4 is 17.2 Å². The van der Waals surface area contributed by atoms with Crippen LogP contribution >= 0.6 is 0 Å². The van der Waals surface area contributed by atoms with Crippen LogP contribution in [0.4, 0.5) is 5.69 Å². The van der Waals surface area contributed by atoms with Gasteiger partial charge in [-0.3, -0.25) is 4.79 Å². The third-order valence-corrected chi connectivity index (χ3v) is 3.80. The Morgan fingerprint density at radius 1 is 0.800 bits per heavy atom. The van der Waals surface area contributed by atoms with Gasteiger partial charge in [0.25, 0.3) is 0 Å². The number of methoxy groups -OCH3 is 1. The number of ether oxygens (including phenoxy) is 1. The summed E-state index contributed by atoms with van der Waals surface area (Å²) in [4.78, 5) is 12.5. The van der Waals surface area contributed by atoms with Crippen LogP contribution in [0.25, 0.3) is 5.57 Å². The second kappa shape index (κ2) is 7.97. The molecule has 3 aromatic carbocycles. The van der Waals surface area contributed by atoms with Crippen LogP contribution in [-0.2, 0) is 4.79 Å². The van der Waals surface area contributed by atoms with E-state index in [4.69, 9.17) is 4.74 Å². The molecule has 0 spiro atoms. The lowest BCUT2D eigenvalue weighted by atomic mass is 9.97. The van der Waals surface area contributed by atoms with Gasteiger partial charge in [-0.05, 0) is 41.0 Å². The first-order chi connectivity index (χ1) is 12.3. The summed E-state index contributed by atoms with van der Waals surface area (Å²) < 4.78 is 5.13. The number of hydrogen-bond acceptors (Lipinski definition) is 2. The molecule has 0 saturated heterocycles. The molecular weight excluding hydrogens is 310 g/mol. The SMILES string of the molecule is COc1ccc(NC(=O)C=C(c2ccccc2)c2ccccc2)cc1. The fraction of sp³-hybridized carbons (Fsp3) is 0.0455. The molecule has 3 aromatic rings. The molecule has 0 bridgehead atoms. The van der Waals surface area contributed by atoms with E-state index >= 15 is 0 Å². The van der Waals surface area contributed by atoms with Crippen LogP contribution in [0.1, 0.15) is 11.1 Å². The Labute approximate surface area is 147 Å². The summed E-state index contributed by atoms with van der Waals surface area (Å²) in [5, 5.41) is 2.89. The molecule has 0 unspecified atom stereocenters. The highest BCUT2D eigenvalue weighted by Gasteiger charge is 2.08. The van der Waals surface area contributed by atoms with Gasteiger partial charge in [-0.15, -0.1) is 0 Å². The van der Waals surface area contributed by atoms with E-state index in [2.05, 4.69) is 5.32 Å². The number of anilines is 1. The first kappa shape index (κ1) is 16.5. The predicted octanol–water partition coefficient (Wildman–Crippen LogP) is 4.77. The third-order valence-electron chi connectivity index (χ3n) is 3.80. The van der Waals surface area contributed by atoms with Crippen LogP contribution in [0, 0.1) is 0 Å². The second-order valence-corrected chi connectivity index (χ2v) is 5.51. The van der Waals surface area contributed by atoms with E-state index in [0.717, 1.165) is 28.1 Å². The number of carbonyl (C=O) groups excluding carboxylic acids is 1. The van der Waals surface area contributed by atoms with Crippen LogP contribution in [0.2, 0.25) is 0 Å². The highest BCUT2D eigenvalue weighted by atomic mass is 16.5. The molecule has 124 valence electrons. The molecule has 3 rings (SSSR count). The minimum absolute atomic E-state index is 0.173. The minimum atomic E-state index is -0.173. The first-order valence-electron chi connectivity index (χ1n) is 8.04. The van der Waals surface area contributed by atoms with E-state index in [0.29, 0.717) is 0 Å². The Morgan fingerprint density at radius 3 is 1.80 bits per heavy atom. The molecule has 1 amide bonds. The second-order valence-electron chi connectivity index (χ2n) is 5.51. The molecule has 0 aliphatic rings. The van der Waals surface area contributed by atoms with Crippen molar-refractivity contribution in [1.82, 2.24) is 0 Å². The van der Waals surface area contributed by atoms with Crippen molar-refractivity contribution in [1.29, 1.82) is 0 Å². The smallest absolute Gasteiger partial charge is 0.249 e. The predicted molar refractivity (Wildman–Crippen MR) is 102 cm³/mol. The molecule has 0 radical (unpaired) electrons. The van der Waals surface area contributed by atoms with Crippen molar-refractivity contribution in [3.63, 3.8) is 0 Å². The van der Waals surface area contributed by atoms with Crippen LogP contribution in [-0.4, -0.2) is 13.0 Å². The normalized spacial score (nSPS) is 9.96. The van der Waals surface area contributed by atoms with Crippen molar-refractivity contribution in [2.45, 2.75) is 0 Å². The van der Waals surface area contributed by atoms with Gasteiger partial charge in [-0.2, -0.15) is 0 Å². The van der Waals surface area contributed by atoms with Gasteiger partial charge in [-0.1, -0.05) is 60.7 Å². The Bertz CT molecular complexity index is 812. The van der Waals surface area contributed by atoms with Crippen molar-refractivity contribution in [2.75, 3.05) is 12.4 Å². The maximum absolute atomic E-state index is 12.5.